The largest absolute Gasteiger partial charge is 0.497 e. The van der Waals surface area contributed by atoms with Crippen LogP contribution in [0.4, 0.5) is 0 Å². The second-order valence-corrected chi connectivity index (χ2v) is 3.80. The Morgan fingerprint density at radius 3 is 2.41 bits per heavy atom. The van der Waals surface area contributed by atoms with Crippen molar-refractivity contribution in [3.63, 3.8) is 0 Å². The molecule has 2 N–H and O–H groups in total. The Balaban J connectivity index is 3.00. The van der Waals surface area contributed by atoms with Crippen molar-refractivity contribution in [2.24, 2.45) is 5.92 Å². The van der Waals surface area contributed by atoms with E-state index in [2.05, 4.69) is 0 Å². The maximum absolute atomic E-state index is 10.8. The lowest BCUT2D eigenvalue weighted by Gasteiger charge is -2.10. The van der Waals surface area contributed by atoms with Crippen LogP contribution in [0, 0.1) is 5.92 Å². The molecule has 17 heavy (non-hydrogen) atoms. The lowest BCUT2D eigenvalue weighted by Crippen LogP contribution is -2.25. The van der Waals surface area contributed by atoms with Gasteiger partial charge in [0.05, 0.1) is 7.11 Å². The summed E-state index contributed by atoms with van der Waals surface area (Å²) in [7, 11) is 1.46. The minimum Gasteiger partial charge on any atom is -0.497 e. The summed E-state index contributed by atoms with van der Waals surface area (Å²) in [6.07, 6.45) is -0.180. The van der Waals surface area contributed by atoms with Gasteiger partial charge in [0.1, 0.15) is 5.75 Å². The predicted molar refractivity (Wildman–Crippen MR) is 60.5 cm³/mol. The molecular weight excluding hydrogens is 248 g/mol. The van der Waals surface area contributed by atoms with E-state index < -0.39 is 17.9 Å². The molecule has 1 aromatic carbocycles. The molecule has 0 fully saturated rings. The van der Waals surface area contributed by atoms with Gasteiger partial charge in [0.2, 0.25) is 0 Å². The van der Waals surface area contributed by atoms with Crippen molar-refractivity contribution in [2.45, 2.75) is 6.42 Å². The summed E-state index contributed by atoms with van der Waals surface area (Å²) in [4.78, 5) is 21.5. The number of rotatable bonds is 5. The SMILES string of the molecule is COc1ccc(Cl)c(CC(C(=O)O)C(=O)O)c1. The molecule has 0 heterocycles. The van der Waals surface area contributed by atoms with Gasteiger partial charge in [-0.25, -0.2) is 0 Å². The third kappa shape index (κ3) is 3.35. The topological polar surface area (TPSA) is 83.8 Å². The van der Waals surface area contributed by atoms with Gasteiger partial charge in [-0.2, -0.15) is 0 Å². The van der Waals surface area contributed by atoms with Gasteiger partial charge in [0.15, 0.2) is 5.92 Å². The van der Waals surface area contributed by atoms with Gasteiger partial charge in [-0.1, -0.05) is 11.6 Å². The molecule has 0 spiro atoms. The first-order valence-corrected chi connectivity index (χ1v) is 5.11. The summed E-state index contributed by atoms with van der Waals surface area (Å²) in [5.41, 5.74) is 0.431. The Morgan fingerprint density at radius 2 is 1.94 bits per heavy atom. The maximum atomic E-state index is 10.8. The normalized spacial score (nSPS) is 10.3. The van der Waals surface area contributed by atoms with E-state index in [0.717, 1.165) is 0 Å². The first-order chi connectivity index (χ1) is 7.95. The molecule has 0 aliphatic carbocycles. The highest BCUT2D eigenvalue weighted by atomic mass is 35.5. The van der Waals surface area contributed by atoms with Crippen LogP contribution in [0.25, 0.3) is 0 Å². The van der Waals surface area contributed by atoms with Crippen molar-refractivity contribution in [2.75, 3.05) is 7.11 Å². The van der Waals surface area contributed by atoms with E-state index in [1.54, 1.807) is 6.07 Å². The van der Waals surface area contributed by atoms with Crippen LogP contribution in [0.1, 0.15) is 5.56 Å². The molecule has 1 rings (SSSR count). The molecule has 0 aliphatic rings. The number of methoxy groups -OCH3 is 1. The van der Waals surface area contributed by atoms with Gasteiger partial charge in [-0.05, 0) is 30.2 Å². The lowest BCUT2D eigenvalue weighted by atomic mass is 9.99. The van der Waals surface area contributed by atoms with E-state index >= 15 is 0 Å². The second-order valence-electron chi connectivity index (χ2n) is 3.39. The minimum absolute atomic E-state index is 0.180. The second kappa shape index (κ2) is 5.54. The molecule has 0 amide bonds. The molecule has 0 saturated carbocycles. The highest BCUT2D eigenvalue weighted by molar-refractivity contribution is 6.31. The van der Waals surface area contributed by atoms with Gasteiger partial charge in [0, 0.05) is 5.02 Å². The van der Waals surface area contributed by atoms with E-state index in [1.165, 1.54) is 19.2 Å². The third-order valence-electron chi connectivity index (χ3n) is 2.27. The van der Waals surface area contributed by atoms with Crippen molar-refractivity contribution in [3.8, 4) is 5.75 Å². The molecule has 92 valence electrons. The lowest BCUT2D eigenvalue weighted by molar-refractivity contribution is -0.154. The highest BCUT2D eigenvalue weighted by Crippen LogP contribution is 2.24. The Bertz CT molecular complexity index is 429. The predicted octanol–water partition coefficient (Wildman–Crippen LogP) is 1.68. The first kappa shape index (κ1) is 13.3. The van der Waals surface area contributed by atoms with Gasteiger partial charge in [-0.3, -0.25) is 9.59 Å². The third-order valence-corrected chi connectivity index (χ3v) is 2.64. The van der Waals surface area contributed by atoms with Gasteiger partial charge >= 0.3 is 11.9 Å². The summed E-state index contributed by atoms with van der Waals surface area (Å²) in [5.74, 6) is -3.80. The van der Waals surface area contributed by atoms with E-state index in [9.17, 15) is 9.59 Å². The Morgan fingerprint density at radius 1 is 1.35 bits per heavy atom. The van der Waals surface area contributed by atoms with Crippen LogP contribution >= 0.6 is 11.6 Å². The zero-order chi connectivity index (χ0) is 13.0. The minimum atomic E-state index is -1.51. The number of benzene rings is 1. The van der Waals surface area contributed by atoms with E-state index in [4.69, 9.17) is 26.6 Å². The molecule has 0 saturated heterocycles. The van der Waals surface area contributed by atoms with Crippen LogP contribution in [0.2, 0.25) is 5.02 Å². The Labute approximate surface area is 103 Å². The maximum Gasteiger partial charge on any atom is 0.318 e. The van der Waals surface area contributed by atoms with E-state index in [0.29, 0.717) is 16.3 Å². The molecule has 5 nitrogen and oxygen atoms in total. The molecule has 6 heteroatoms. The van der Waals surface area contributed by atoms with Crippen LogP contribution in [0.15, 0.2) is 18.2 Å². The van der Waals surface area contributed by atoms with Crippen LogP contribution < -0.4 is 4.74 Å². The Hall–Kier alpha value is -1.75. The van der Waals surface area contributed by atoms with Crippen LogP contribution in [0.5, 0.6) is 5.75 Å². The van der Waals surface area contributed by atoms with Crippen molar-refractivity contribution in [1.29, 1.82) is 0 Å². The number of carboxylic acid groups (broad SMARTS) is 2. The molecule has 0 bridgehead atoms. The summed E-state index contributed by atoms with van der Waals surface area (Å²) in [6, 6.07) is 4.68. The fourth-order valence-electron chi connectivity index (χ4n) is 1.33. The number of carboxylic acids is 2. The van der Waals surface area contributed by atoms with Crippen LogP contribution in [-0.4, -0.2) is 29.3 Å². The summed E-state index contributed by atoms with van der Waals surface area (Å²) in [5, 5.41) is 17.9. The molecular formula is C11H11ClO5. The number of hydrogen-bond acceptors (Lipinski definition) is 3. The fraction of sp³-hybridized carbons (Fsp3) is 0.273. The number of halogens is 1. The monoisotopic (exact) mass is 258 g/mol. The molecule has 0 aliphatic heterocycles. The molecule has 1 aromatic rings. The van der Waals surface area contributed by atoms with Crippen LogP contribution in [0.3, 0.4) is 0 Å². The zero-order valence-corrected chi connectivity index (χ0v) is 9.77. The average molecular weight is 259 g/mol. The van der Waals surface area contributed by atoms with Gasteiger partial charge in [-0.15, -0.1) is 0 Å². The highest BCUT2D eigenvalue weighted by Gasteiger charge is 2.26. The summed E-state index contributed by atoms with van der Waals surface area (Å²) >= 11 is 5.87. The number of aliphatic carboxylic acids is 2. The average Bonchev–Trinajstić information content (AvgIpc) is 2.27. The fourth-order valence-corrected chi connectivity index (χ4v) is 1.53. The van der Waals surface area contributed by atoms with Crippen LogP contribution in [-0.2, 0) is 16.0 Å². The summed E-state index contributed by atoms with van der Waals surface area (Å²) in [6.45, 7) is 0. The Kier molecular flexibility index (Phi) is 4.34. The number of carbonyl (C=O) groups is 2. The summed E-state index contributed by atoms with van der Waals surface area (Å²) < 4.78 is 4.96. The van der Waals surface area contributed by atoms with Crippen molar-refractivity contribution >= 4 is 23.5 Å². The smallest absolute Gasteiger partial charge is 0.318 e. The standard InChI is InChI=1S/C11H11ClO5/c1-17-7-2-3-9(12)6(4-7)5-8(10(13)14)11(15)16/h2-4,8H,5H2,1H3,(H,13,14)(H,15,16). The van der Waals surface area contributed by atoms with Crippen molar-refractivity contribution in [1.82, 2.24) is 0 Å². The van der Waals surface area contributed by atoms with Gasteiger partial charge < -0.3 is 14.9 Å². The number of ether oxygens (including phenoxy) is 1. The first-order valence-electron chi connectivity index (χ1n) is 4.73. The molecule has 0 radical (unpaired) electrons. The van der Waals surface area contributed by atoms with Gasteiger partial charge in [0.25, 0.3) is 0 Å². The number of hydrogen-bond donors (Lipinski definition) is 2. The quantitative estimate of drug-likeness (QED) is 0.785. The zero-order valence-electron chi connectivity index (χ0n) is 9.01. The molecule has 0 unspecified atom stereocenters. The van der Waals surface area contributed by atoms with Crippen molar-refractivity contribution in [3.05, 3.63) is 28.8 Å². The molecule has 0 aromatic heterocycles. The van der Waals surface area contributed by atoms with E-state index in [1.807, 2.05) is 0 Å². The van der Waals surface area contributed by atoms with Crippen molar-refractivity contribution < 1.29 is 24.5 Å². The van der Waals surface area contributed by atoms with E-state index in [-0.39, 0.29) is 6.42 Å². The molecule has 0 atom stereocenters.